The van der Waals surface area contributed by atoms with Crippen molar-refractivity contribution in [2.45, 2.75) is 13.5 Å². The number of benzene rings is 1. The number of hydrogen-bond donors (Lipinski definition) is 1. The number of carbonyl (C=O) groups is 1. The molecule has 0 unspecified atom stereocenters. The highest BCUT2D eigenvalue weighted by atomic mass is 16.5. The molecule has 2 aromatic rings. The predicted molar refractivity (Wildman–Crippen MR) is 96.6 cm³/mol. The highest BCUT2D eigenvalue weighted by molar-refractivity contribution is 6.04. The molecular weight excluding hydrogens is 316 g/mol. The topological polar surface area (TPSA) is 59.4 Å². The Hall–Kier alpha value is -2.62. The number of aryl methyl sites for hydroxylation is 1. The lowest BCUT2D eigenvalue weighted by Gasteiger charge is -2.26. The third kappa shape index (κ3) is 4.47. The molecule has 0 spiro atoms. The zero-order chi connectivity index (χ0) is 17.6. The van der Waals surface area contributed by atoms with E-state index in [0.29, 0.717) is 11.4 Å². The largest absolute Gasteiger partial charge is 0.379 e. The van der Waals surface area contributed by atoms with Crippen LogP contribution in [-0.2, 0) is 11.3 Å². The maximum absolute atomic E-state index is 12.4. The smallest absolute Gasteiger partial charge is 0.256 e. The molecule has 1 aromatic carbocycles. The molecule has 0 saturated carbocycles. The van der Waals surface area contributed by atoms with Gasteiger partial charge in [-0.15, -0.1) is 6.42 Å². The fourth-order valence-corrected chi connectivity index (χ4v) is 2.73. The Morgan fingerprint density at radius 1 is 1.32 bits per heavy atom. The molecule has 3 rings (SSSR count). The van der Waals surface area contributed by atoms with Crippen LogP contribution in [-0.4, -0.2) is 53.4 Å². The van der Waals surface area contributed by atoms with Crippen LogP contribution < -0.4 is 5.32 Å². The summed E-state index contributed by atoms with van der Waals surface area (Å²) in [5.41, 5.74) is 2.23. The second kappa shape index (κ2) is 7.97. The first-order chi connectivity index (χ1) is 12.2. The van der Waals surface area contributed by atoms with Gasteiger partial charge >= 0.3 is 0 Å². The summed E-state index contributed by atoms with van der Waals surface area (Å²) in [6, 6.07) is 7.14. The lowest BCUT2D eigenvalue weighted by atomic mass is 10.1. The fraction of sp³-hybridized carbons (Fsp3) is 0.368. The molecule has 25 heavy (non-hydrogen) atoms. The first kappa shape index (κ1) is 17.2. The van der Waals surface area contributed by atoms with Crippen LogP contribution in [0.15, 0.2) is 30.5 Å². The number of terminal acetylenes is 1. The molecule has 6 nitrogen and oxygen atoms in total. The summed E-state index contributed by atoms with van der Waals surface area (Å²) in [5.74, 6) is 2.92. The second-order valence-corrected chi connectivity index (χ2v) is 6.05. The van der Waals surface area contributed by atoms with E-state index >= 15 is 0 Å². The predicted octanol–water partition coefficient (Wildman–Crippen LogP) is 1.76. The van der Waals surface area contributed by atoms with E-state index in [2.05, 4.69) is 21.2 Å². The summed E-state index contributed by atoms with van der Waals surface area (Å²) in [7, 11) is 0. The SMILES string of the molecule is C#Cc1cc(C(=O)Nc2ccn(CCN3CCOCC3)n2)ccc1C. The number of anilines is 1. The zero-order valence-electron chi connectivity index (χ0n) is 14.4. The Morgan fingerprint density at radius 2 is 2.12 bits per heavy atom. The number of aromatic nitrogens is 2. The summed E-state index contributed by atoms with van der Waals surface area (Å²) in [4.78, 5) is 14.7. The molecule has 130 valence electrons. The van der Waals surface area contributed by atoms with Gasteiger partial charge in [0.1, 0.15) is 0 Å². The van der Waals surface area contributed by atoms with Crippen molar-refractivity contribution in [2.75, 3.05) is 38.2 Å². The molecule has 2 heterocycles. The van der Waals surface area contributed by atoms with Gasteiger partial charge in [-0.3, -0.25) is 14.4 Å². The van der Waals surface area contributed by atoms with Crippen LogP contribution in [0.25, 0.3) is 0 Å². The third-order valence-corrected chi connectivity index (χ3v) is 4.29. The lowest BCUT2D eigenvalue weighted by Crippen LogP contribution is -2.38. The van der Waals surface area contributed by atoms with Crippen molar-refractivity contribution in [1.29, 1.82) is 0 Å². The molecule has 6 heteroatoms. The van der Waals surface area contributed by atoms with Gasteiger partial charge in [-0.25, -0.2) is 0 Å². The molecule has 1 saturated heterocycles. The summed E-state index contributed by atoms with van der Waals surface area (Å²) in [5, 5.41) is 7.22. The molecule has 0 atom stereocenters. The summed E-state index contributed by atoms with van der Waals surface area (Å²) in [6.07, 6.45) is 7.33. The molecule has 0 aliphatic carbocycles. The number of carbonyl (C=O) groups excluding carboxylic acids is 1. The summed E-state index contributed by atoms with van der Waals surface area (Å²) < 4.78 is 7.18. The second-order valence-electron chi connectivity index (χ2n) is 6.05. The maximum Gasteiger partial charge on any atom is 0.256 e. The van der Waals surface area contributed by atoms with Crippen molar-refractivity contribution >= 4 is 11.7 Å². The van der Waals surface area contributed by atoms with E-state index in [1.807, 2.05) is 23.9 Å². The number of amides is 1. The van der Waals surface area contributed by atoms with Crippen molar-refractivity contribution < 1.29 is 9.53 Å². The standard InChI is InChI=1S/C19H22N4O2/c1-3-16-14-17(5-4-15(16)2)19(24)20-18-6-7-23(21-18)9-8-22-10-12-25-13-11-22/h1,4-7,14H,8-13H2,2H3,(H,20,21,24). The van der Waals surface area contributed by atoms with Crippen LogP contribution in [0.4, 0.5) is 5.82 Å². The third-order valence-electron chi connectivity index (χ3n) is 4.29. The summed E-state index contributed by atoms with van der Waals surface area (Å²) >= 11 is 0. The lowest BCUT2D eigenvalue weighted by molar-refractivity contribution is 0.0360. The number of nitrogens with one attached hydrogen (secondary N) is 1. The van der Waals surface area contributed by atoms with Gasteiger partial charge in [0.25, 0.3) is 5.91 Å². The van der Waals surface area contributed by atoms with Gasteiger partial charge < -0.3 is 10.1 Å². The average molecular weight is 338 g/mol. The normalized spacial score (nSPS) is 14.9. The van der Waals surface area contributed by atoms with E-state index < -0.39 is 0 Å². The number of ether oxygens (including phenoxy) is 1. The van der Waals surface area contributed by atoms with Gasteiger partial charge in [0.2, 0.25) is 0 Å². The highest BCUT2D eigenvalue weighted by Crippen LogP contribution is 2.12. The fourth-order valence-electron chi connectivity index (χ4n) is 2.73. The number of rotatable bonds is 5. The van der Waals surface area contributed by atoms with Crippen LogP contribution in [0.2, 0.25) is 0 Å². The van der Waals surface area contributed by atoms with Gasteiger partial charge in [-0.2, -0.15) is 5.10 Å². The van der Waals surface area contributed by atoms with E-state index in [1.54, 1.807) is 18.2 Å². The van der Waals surface area contributed by atoms with Crippen molar-refractivity contribution in [3.8, 4) is 12.3 Å². The van der Waals surface area contributed by atoms with Crippen molar-refractivity contribution in [3.63, 3.8) is 0 Å². The molecule has 0 radical (unpaired) electrons. The minimum atomic E-state index is -0.213. The van der Waals surface area contributed by atoms with Crippen molar-refractivity contribution in [2.24, 2.45) is 0 Å². The molecule has 1 aliphatic heterocycles. The Bertz CT molecular complexity index is 785. The van der Waals surface area contributed by atoms with Crippen LogP contribution >= 0.6 is 0 Å². The van der Waals surface area contributed by atoms with Gasteiger partial charge in [0, 0.05) is 43.0 Å². The molecule has 1 aliphatic rings. The molecule has 1 N–H and O–H groups in total. The van der Waals surface area contributed by atoms with Crippen LogP contribution in [0.5, 0.6) is 0 Å². The van der Waals surface area contributed by atoms with E-state index in [9.17, 15) is 4.79 Å². The first-order valence-corrected chi connectivity index (χ1v) is 8.38. The molecular formula is C19H22N4O2. The monoisotopic (exact) mass is 338 g/mol. The van der Waals surface area contributed by atoms with E-state index in [4.69, 9.17) is 11.2 Å². The van der Waals surface area contributed by atoms with Gasteiger partial charge in [-0.05, 0) is 24.6 Å². The van der Waals surface area contributed by atoms with Crippen LogP contribution in [0, 0.1) is 19.3 Å². The Kier molecular flexibility index (Phi) is 5.49. The average Bonchev–Trinajstić information content (AvgIpc) is 3.08. The molecule has 0 bridgehead atoms. The highest BCUT2D eigenvalue weighted by Gasteiger charge is 2.12. The molecule has 1 aromatic heterocycles. The van der Waals surface area contributed by atoms with Crippen molar-refractivity contribution in [1.82, 2.24) is 14.7 Å². The Balaban J connectivity index is 1.57. The Morgan fingerprint density at radius 3 is 2.88 bits per heavy atom. The van der Waals surface area contributed by atoms with Crippen molar-refractivity contribution in [3.05, 3.63) is 47.2 Å². The van der Waals surface area contributed by atoms with E-state index in [0.717, 1.165) is 50.5 Å². The Labute approximate surface area is 147 Å². The zero-order valence-corrected chi connectivity index (χ0v) is 14.4. The number of hydrogen-bond acceptors (Lipinski definition) is 4. The minimum Gasteiger partial charge on any atom is -0.379 e. The number of nitrogens with zero attached hydrogens (tertiary/aromatic N) is 3. The molecule has 1 amide bonds. The van der Waals surface area contributed by atoms with E-state index in [-0.39, 0.29) is 5.91 Å². The van der Waals surface area contributed by atoms with E-state index in [1.165, 1.54) is 0 Å². The van der Waals surface area contributed by atoms with Crippen LogP contribution in [0.3, 0.4) is 0 Å². The van der Waals surface area contributed by atoms with Gasteiger partial charge in [-0.1, -0.05) is 12.0 Å². The first-order valence-electron chi connectivity index (χ1n) is 8.38. The summed E-state index contributed by atoms with van der Waals surface area (Å²) in [6.45, 7) is 7.11. The number of morpholine rings is 1. The minimum absolute atomic E-state index is 0.213. The molecule has 1 fully saturated rings. The van der Waals surface area contributed by atoms with Gasteiger partial charge in [0.15, 0.2) is 5.82 Å². The van der Waals surface area contributed by atoms with Gasteiger partial charge in [0.05, 0.1) is 19.8 Å². The van der Waals surface area contributed by atoms with Crippen LogP contribution in [0.1, 0.15) is 21.5 Å². The maximum atomic E-state index is 12.4. The quantitative estimate of drug-likeness (QED) is 0.844.